The fourth-order valence-corrected chi connectivity index (χ4v) is 5.71. The molecule has 1 saturated carbocycles. The topological polar surface area (TPSA) is 81.7 Å². The van der Waals surface area contributed by atoms with Crippen LogP contribution in [0.2, 0.25) is 0 Å². The fraction of sp³-hybridized carbons (Fsp3) is 0.576. The van der Waals surface area contributed by atoms with Gasteiger partial charge in [-0.3, -0.25) is 9.59 Å². The molecule has 0 spiro atoms. The lowest BCUT2D eigenvalue weighted by Gasteiger charge is -2.27. The summed E-state index contributed by atoms with van der Waals surface area (Å²) < 4.78 is 0. The van der Waals surface area contributed by atoms with Gasteiger partial charge in [0.15, 0.2) is 0 Å². The van der Waals surface area contributed by atoms with Crippen molar-refractivity contribution in [2.24, 2.45) is 5.92 Å². The molecule has 3 rings (SSSR count). The summed E-state index contributed by atoms with van der Waals surface area (Å²) in [6, 6.07) is 13.5. The maximum atomic E-state index is 13.5. The first-order valence-corrected chi connectivity index (χ1v) is 15.0. The van der Waals surface area contributed by atoms with Crippen molar-refractivity contribution < 1.29 is 14.7 Å². The summed E-state index contributed by atoms with van der Waals surface area (Å²) in [5, 5.41) is 17.7. The van der Waals surface area contributed by atoms with E-state index in [-0.39, 0.29) is 17.9 Å². The molecule has 39 heavy (non-hydrogen) atoms. The molecule has 0 heterocycles. The molecule has 0 aliphatic heterocycles. The van der Waals surface area contributed by atoms with Gasteiger partial charge in [-0.1, -0.05) is 70.7 Å². The van der Waals surface area contributed by atoms with Crippen molar-refractivity contribution >= 4 is 11.8 Å². The van der Waals surface area contributed by atoms with Gasteiger partial charge in [0, 0.05) is 37.3 Å². The highest BCUT2D eigenvalue weighted by atomic mass is 16.3. The summed E-state index contributed by atoms with van der Waals surface area (Å²) in [4.78, 5) is 28.6. The van der Waals surface area contributed by atoms with Crippen LogP contribution in [0, 0.1) is 12.8 Å². The molecular formula is C33H49N3O3. The Hall–Kier alpha value is -2.70. The fourth-order valence-electron chi connectivity index (χ4n) is 5.71. The second-order valence-electron chi connectivity index (χ2n) is 11.2. The first-order chi connectivity index (χ1) is 18.8. The number of hydrogen-bond acceptors (Lipinski definition) is 4. The molecule has 0 aromatic heterocycles. The Balaban J connectivity index is 1.70. The number of benzene rings is 2. The Labute approximate surface area is 235 Å². The minimum absolute atomic E-state index is 0.0321. The molecule has 2 atom stereocenters. The van der Waals surface area contributed by atoms with E-state index in [4.69, 9.17) is 0 Å². The smallest absolute Gasteiger partial charge is 0.253 e. The summed E-state index contributed by atoms with van der Waals surface area (Å²) in [7, 11) is 0. The zero-order valence-electron chi connectivity index (χ0n) is 24.5. The number of aliphatic hydroxyl groups excluding tert-OH is 1. The van der Waals surface area contributed by atoms with Crippen LogP contribution in [0.4, 0.5) is 0 Å². The number of nitrogens with zero attached hydrogens (tertiary/aromatic N) is 1. The van der Waals surface area contributed by atoms with E-state index >= 15 is 0 Å². The van der Waals surface area contributed by atoms with Crippen LogP contribution in [-0.2, 0) is 13.0 Å². The van der Waals surface area contributed by atoms with Crippen molar-refractivity contribution in [3.8, 4) is 0 Å². The first-order valence-electron chi connectivity index (χ1n) is 15.0. The van der Waals surface area contributed by atoms with E-state index in [1.807, 2.05) is 24.0 Å². The third kappa shape index (κ3) is 9.47. The van der Waals surface area contributed by atoms with E-state index in [1.165, 1.54) is 24.0 Å². The van der Waals surface area contributed by atoms with Crippen LogP contribution in [0.5, 0.6) is 0 Å². The van der Waals surface area contributed by atoms with Crippen LogP contribution >= 0.6 is 0 Å². The zero-order valence-corrected chi connectivity index (χ0v) is 24.5. The minimum atomic E-state index is -0.709. The number of amides is 2. The van der Waals surface area contributed by atoms with Gasteiger partial charge in [-0.25, -0.2) is 0 Å². The summed E-state index contributed by atoms with van der Waals surface area (Å²) in [5.74, 6) is 0.246. The monoisotopic (exact) mass is 535 g/mol. The van der Waals surface area contributed by atoms with Crippen molar-refractivity contribution in [2.75, 3.05) is 19.6 Å². The van der Waals surface area contributed by atoms with E-state index in [0.717, 1.165) is 44.1 Å². The molecule has 1 aliphatic rings. The van der Waals surface area contributed by atoms with Gasteiger partial charge in [0.25, 0.3) is 11.8 Å². The number of carbonyl (C=O) groups excluding carboxylic acids is 2. The van der Waals surface area contributed by atoms with E-state index < -0.39 is 6.10 Å². The van der Waals surface area contributed by atoms with E-state index in [9.17, 15) is 14.7 Å². The van der Waals surface area contributed by atoms with Gasteiger partial charge in [0.2, 0.25) is 0 Å². The summed E-state index contributed by atoms with van der Waals surface area (Å²) in [6.07, 6.45) is 7.54. The Kier molecular flexibility index (Phi) is 12.5. The molecular weight excluding hydrogens is 486 g/mol. The molecule has 2 aromatic rings. The van der Waals surface area contributed by atoms with Gasteiger partial charge in [-0.15, -0.1) is 0 Å². The van der Waals surface area contributed by atoms with Crippen LogP contribution < -0.4 is 10.6 Å². The van der Waals surface area contributed by atoms with Crippen LogP contribution in [0.15, 0.2) is 42.5 Å². The minimum Gasteiger partial charge on any atom is -0.390 e. The van der Waals surface area contributed by atoms with Gasteiger partial charge in [0.05, 0.1) is 12.1 Å². The number of aryl methyl sites for hydroxylation is 2. The van der Waals surface area contributed by atoms with E-state index in [2.05, 4.69) is 55.7 Å². The highest BCUT2D eigenvalue weighted by Gasteiger charge is 2.27. The molecule has 1 aliphatic carbocycles. The highest BCUT2D eigenvalue weighted by molar-refractivity contribution is 6.00. The molecule has 6 nitrogen and oxygen atoms in total. The molecule has 214 valence electrons. The third-order valence-electron chi connectivity index (χ3n) is 7.79. The van der Waals surface area contributed by atoms with Crippen LogP contribution in [0.25, 0.3) is 0 Å². The molecule has 3 N–H and O–H groups in total. The van der Waals surface area contributed by atoms with Gasteiger partial charge in [-0.2, -0.15) is 0 Å². The third-order valence-corrected chi connectivity index (χ3v) is 7.79. The Morgan fingerprint density at radius 1 is 0.974 bits per heavy atom. The van der Waals surface area contributed by atoms with Gasteiger partial charge >= 0.3 is 0 Å². The second-order valence-corrected chi connectivity index (χ2v) is 11.2. The molecule has 0 radical (unpaired) electrons. The zero-order chi connectivity index (χ0) is 28.2. The van der Waals surface area contributed by atoms with Crippen molar-refractivity contribution in [3.05, 3.63) is 70.3 Å². The van der Waals surface area contributed by atoms with Crippen LogP contribution in [-0.4, -0.2) is 53.6 Å². The summed E-state index contributed by atoms with van der Waals surface area (Å²) in [5.41, 5.74) is 4.38. The Morgan fingerprint density at radius 2 is 1.64 bits per heavy atom. The van der Waals surface area contributed by atoms with Gasteiger partial charge in [0.1, 0.15) is 0 Å². The maximum absolute atomic E-state index is 13.5. The van der Waals surface area contributed by atoms with Crippen molar-refractivity contribution in [1.82, 2.24) is 15.5 Å². The van der Waals surface area contributed by atoms with E-state index in [0.29, 0.717) is 43.2 Å². The second kappa shape index (κ2) is 15.8. The molecule has 0 saturated heterocycles. The largest absolute Gasteiger partial charge is 0.390 e. The predicted octanol–water partition coefficient (Wildman–Crippen LogP) is 5.65. The Morgan fingerprint density at radius 3 is 2.31 bits per heavy atom. The van der Waals surface area contributed by atoms with Gasteiger partial charge < -0.3 is 20.6 Å². The van der Waals surface area contributed by atoms with Crippen molar-refractivity contribution in [2.45, 2.75) is 97.8 Å². The number of aliphatic hydroxyl groups is 1. The van der Waals surface area contributed by atoms with Crippen molar-refractivity contribution in [1.29, 1.82) is 0 Å². The molecule has 2 aromatic carbocycles. The normalized spacial score (nSPS) is 15.2. The summed E-state index contributed by atoms with van der Waals surface area (Å²) >= 11 is 0. The highest BCUT2D eigenvalue weighted by Crippen LogP contribution is 2.29. The van der Waals surface area contributed by atoms with E-state index in [1.54, 1.807) is 6.07 Å². The number of rotatable bonds is 15. The number of hydrogen-bond donors (Lipinski definition) is 3. The number of carbonyl (C=O) groups is 2. The Bertz CT molecular complexity index is 1060. The van der Waals surface area contributed by atoms with Crippen molar-refractivity contribution in [3.63, 3.8) is 0 Å². The lowest BCUT2D eigenvalue weighted by Crippen LogP contribution is -2.48. The quantitative estimate of drug-likeness (QED) is 0.275. The molecule has 0 bridgehead atoms. The van der Waals surface area contributed by atoms with Crippen LogP contribution in [0.3, 0.4) is 0 Å². The SMILES string of the molecule is CCCN(CCC)C(=O)c1cc(C)cc(C(=O)N[C@@H](CC2CCCC2)[C@H](O)CNCc2cccc(CC)c2)c1. The molecule has 6 heteroatoms. The lowest BCUT2D eigenvalue weighted by atomic mass is 9.94. The average molecular weight is 536 g/mol. The molecule has 2 amide bonds. The standard InChI is InChI=1S/C33H49N3O3/c1-5-15-36(16-6-2)33(39)29-18-24(4)17-28(21-29)32(38)35-30(20-26-11-8-9-12-26)31(37)23-34-22-27-14-10-13-25(7-3)19-27/h10,13-14,17-19,21,26,30-31,34,37H,5-9,11-12,15-16,20,22-23H2,1-4H3,(H,35,38)/t30-,31+/m0/s1. The predicted molar refractivity (Wildman–Crippen MR) is 159 cm³/mol. The molecule has 0 unspecified atom stereocenters. The molecule has 1 fully saturated rings. The van der Waals surface area contributed by atoms with Crippen LogP contribution in [0.1, 0.15) is 103 Å². The average Bonchev–Trinajstić information content (AvgIpc) is 3.45. The lowest BCUT2D eigenvalue weighted by molar-refractivity contribution is 0.0755. The van der Waals surface area contributed by atoms with Gasteiger partial charge in [-0.05, 0) is 73.4 Å². The maximum Gasteiger partial charge on any atom is 0.253 e. The summed E-state index contributed by atoms with van der Waals surface area (Å²) in [6.45, 7) is 10.7. The number of nitrogens with one attached hydrogen (secondary N) is 2. The first kappa shape index (κ1) is 30.8.